The number of hydrogen-bond donors (Lipinski definition) is 1. The fourth-order valence-corrected chi connectivity index (χ4v) is 3.69. The summed E-state index contributed by atoms with van der Waals surface area (Å²) in [6.07, 6.45) is 2.94. The highest BCUT2D eigenvalue weighted by Crippen LogP contribution is 2.26. The molecule has 0 spiro atoms. The zero-order chi connectivity index (χ0) is 14.7. The summed E-state index contributed by atoms with van der Waals surface area (Å²) >= 11 is 1.50. The number of nitrogens with zero attached hydrogens (tertiary/aromatic N) is 1. The number of aryl methyl sites for hydroxylation is 1. The van der Waals surface area contributed by atoms with E-state index < -0.39 is 6.10 Å². The summed E-state index contributed by atoms with van der Waals surface area (Å²) in [7, 11) is 3.41. The first-order valence-electron chi connectivity index (χ1n) is 7.09. The van der Waals surface area contributed by atoms with Gasteiger partial charge in [0.25, 0.3) is 5.91 Å². The lowest BCUT2D eigenvalue weighted by molar-refractivity contribution is -0.0462. The fraction of sp³-hybridized carbons (Fsp3) is 0.667. The van der Waals surface area contributed by atoms with E-state index in [4.69, 9.17) is 4.74 Å². The summed E-state index contributed by atoms with van der Waals surface area (Å²) in [5.41, 5.74) is 0. The Balaban J connectivity index is 2.13. The van der Waals surface area contributed by atoms with Crippen molar-refractivity contribution in [2.24, 2.45) is 0 Å². The van der Waals surface area contributed by atoms with Crippen molar-refractivity contribution in [2.45, 2.75) is 50.9 Å². The quantitative estimate of drug-likeness (QED) is 0.872. The third-order valence-electron chi connectivity index (χ3n) is 4.09. The van der Waals surface area contributed by atoms with E-state index >= 15 is 0 Å². The van der Waals surface area contributed by atoms with Crippen LogP contribution >= 0.6 is 11.3 Å². The van der Waals surface area contributed by atoms with Crippen LogP contribution < -0.4 is 0 Å². The van der Waals surface area contributed by atoms with E-state index in [2.05, 4.69) is 0 Å². The largest absolute Gasteiger partial charge is 0.388 e. The molecule has 20 heavy (non-hydrogen) atoms. The van der Waals surface area contributed by atoms with Crippen LogP contribution in [0.1, 0.15) is 40.2 Å². The highest BCUT2D eigenvalue weighted by Gasteiger charge is 2.35. The minimum absolute atomic E-state index is 0.0103. The number of ether oxygens (including phenoxy) is 1. The van der Waals surface area contributed by atoms with Crippen LogP contribution in [0, 0.1) is 6.92 Å². The first kappa shape index (κ1) is 15.5. The second-order valence-corrected chi connectivity index (χ2v) is 6.73. The van der Waals surface area contributed by atoms with Crippen LogP contribution in [0.3, 0.4) is 0 Å². The Kier molecular flexibility index (Phi) is 5.18. The maximum atomic E-state index is 12.5. The third kappa shape index (κ3) is 3.22. The van der Waals surface area contributed by atoms with Crippen molar-refractivity contribution >= 4 is 17.2 Å². The Bertz CT molecular complexity index is 460. The van der Waals surface area contributed by atoms with Crippen LogP contribution in [0.4, 0.5) is 0 Å². The molecule has 1 aliphatic carbocycles. The molecule has 3 atom stereocenters. The van der Waals surface area contributed by atoms with Crippen molar-refractivity contribution < 1.29 is 14.6 Å². The second kappa shape index (κ2) is 6.70. The number of aliphatic hydroxyl groups excluding tert-OH is 1. The molecule has 1 N–H and O–H groups in total. The topological polar surface area (TPSA) is 49.8 Å². The number of methoxy groups -OCH3 is 1. The van der Waals surface area contributed by atoms with Crippen LogP contribution in [0.2, 0.25) is 0 Å². The Morgan fingerprint density at radius 2 is 2.10 bits per heavy atom. The summed E-state index contributed by atoms with van der Waals surface area (Å²) in [6, 6.07) is 3.64. The molecular weight excluding hydrogens is 274 g/mol. The van der Waals surface area contributed by atoms with E-state index in [0.717, 1.165) is 35.4 Å². The number of likely N-dealkylation sites (N-methyl/N-ethyl adjacent to an activating group) is 1. The van der Waals surface area contributed by atoms with Crippen molar-refractivity contribution in [1.29, 1.82) is 0 Å². The van der Waals surface area contributed by atoms with Crippen LogP contribution in [0.5, 0.6) is 0 Å². The van der Waals surface area contributed by atoms with Crippen LogP contribution in [0.15, 0.2) is 12.1 Å². The van der Waals surface area contributed by atoms with Gasteiger partial charge in [-0.15, -0.1) is 11.3 Å². The summed E-state index contributed by atoms with van der Waals surface area (Å²) in [5, 5.41) is 10.5. The van der Waals surface area contributed by atoms with E-state index in [1.165, 1.54) is 11.3 Å². The van der Waals surface area contributed by atoms with Gasteiger partial charge in [0, 0.05) is 19.0 Å². The average Bonchev–Trinajstić information content (AvgIpc) is 2.78. The predicted octanol–water partition coefficient (Wildman–Crippen LogP) is 2.45. The molecule has 1 fully saturated rings. The molecule has 112 valence electrons. The number of carbonyl (C=O) groups is 1. The van der Waals surface area contributed by atoms with Gasteiger partial charge in [0.2, 0.25) is 0 Å². The molecule has 0 unspecified atom stereocenters. The van der Waals surface area contributed by atoms with Gasteiger partial charge in [-0.2, -0.15) is 0 Å². The zero-order valence-corrected chi connectivity index (χ0v) is 13.2. The van der Waals surface area contributed by atoms with Crippen molar-refractivity contribution in [3.05, 3.63) is 21.9 Å². The number of thiophene rings is 1. The van der Waals surface area contributed by atoms with Crippen molar-refractivity contribution in [3.63, 3.8) is 0 Å². The molecule has 0 aliphatic heterocycles. The van der Waals surface area contributed by atoms with Crippen LogP contribution in [-0.2, 0) is 4.74 Å². The summed E-state index contributed by atoms with van der Waals surface area (Å²) in [4.78, 5) is 16.0. The number of carbonyl (C=O) groups excluding carboxylic acids is 1. The van der Waals surface area contributed by atoms with Crippen LogP contribution in [0.25, 0.3) is 0 Å². The van der Waals surface area contributed by atoms with Gasteiger partial charge in [-0.05, 0) is 31.9 Å². The molecule has 0 bridgehead atoms. The number of amides is 1. The molecule has 1 aromatic rings. The highest BCUT2D eigenvalue weighted by atomic mass is 32.1. The minimum atomic E-state index is -0.613. The molecule has 0 aromatic carbocycles. The number of aliphatic hydroxyl groups is 1. The predicted molar refractivity (Wildman–Crippen MR) is 80.2 cm³/mol. The van der Waals surface area contributed by atoms with Crippen molar-refractivity contribution in [2.75, 3.05) is 14.2 Å². The molecule has 1 aliphatic rings. The monoisotopic (exact) mass is 297 g/mol. The molecule has 2 rings (SSSR count). The van der Waals surface area contributed by atoms with E-state index in [9.17, 15) is 9.90 Å². The molecular formula is C15H23NO3S. The smallest absolute Gasteiger partial charge is 0.264 e. The van der Waals surface area contributed by atoms with E-state index in [0.29, 0.717) is 0 Å². The molecule has 1 saturated carbocycles. The normalized spacial score (nSPS) is 27.1. The second-order valence-electron chi connectivity index (χ2n) is 5.44. The van der Waals surface area contributed by atoms with Gasteiger partial charge in [0.15, 0.2) is 0 Å². The van der Waals surface area contributed by atoms with Gasteiger partial charge in [0.05, 0.1) is 17.0 Å². The van der Waals surface area contributed by atoms with Gasteiger partial charge in [-0.3, -0.25) is 4.79 Å². The Labute approximate surface area is 124 Å². The SMILES string of the molecule is CO[C@@H]1CCCC[C@@H](N(C)C(=O)c2ccc(C)s2)[C@H]1O. The van der Waals surface area contributed by atoms with Crippen molar-refractivity contribution in [3.8, 4) is 0 Å². The fourth-order valence-electron chi connectivity index (χ4n) is 2.84. The van der Waals surface area contributed by atoms with Gasteiger partial charge in [-0.25, -0.2) is 0 Å². The van der Waals surface area contributed by atoms with Gasteiger partial charge < -0.3 is 14.7 Å². The maximum absolute atomic E-state index is 12.5. The van der Waals surface area contributed by atoms with E-state index in [1.807, 2.05) is 19.1 Å². The molecule has 1 aromatic heterocycles. The summed E-state index contributed by atoms with van der Waals surface area (Å²) < 4.78 is 5.37. The van der Waals surface area contributed by atoms with Crippen molar-refractivity contribution in [1.82, 2.24) is 4.90 Å². The Hall–Kier alpha value is -0.910. The molecule has 0 radical (unpaired) electrons. The standard InChI is InChI=1S/C15H23NO3S/c1-10-8-9-13(20-10)15(18)16(2)11-6-4-5-7-12(19-3)14(11)17/h8-9,11-12,14,17H,4-7H2,1-3H3/t11-,12-,14-/m1/s1. The maximum Gasteiger partial charge on any atom is 0.264 e. The first-order chi connectivity index (χ1) is 9.54. The van der Waals surface area contributed by atoms with Crippen LogP contribution in [-0.4, -0.2) is 48.3 Å². The van der Waals surface area contributed by atoms with E-state index in [1.54, 1.807) is 19.1 Å². The molecule has 4 nitrogen and oxygen atoms in total. The molecule has 0 saturated heterocycles. The molecule has 5 heteroatoms. The lowest BCUT2D eigenvalue weighted by atomic mass is 10.0. The Morgan fingerprint density at radius 1 is 1.40 bits per heavy atom. The average molecular weight is 297 g/mol. The zero-order valence-electron chi connectivity index (χ0n) is 12.3. The van der Waals surface area contributed by atoms with E-state index in [-0.39, 0.29) is 18.1 Å². The number of rotatable bonds is 3. The van der Waals surface area contributed by atoms with Gasteiger partial charge in [-0.1, -0.05) is 12.8 Å². The third-order valence-corrected chi connectivity index (χ3v) is 5.07. The summed E-state index contributed by atoms with van der Waals surface area (Å²) in [6.45, 7) is 1.99. The Morgan fingerprint density at radius 3 is 2.70 bits per heavy atom. The highest BCUT2D eigenvalue weighted by molar-refractivity contribution is 7.13. The summed E-state index contributed by atoms with van der Waals surface area (Å²) in [5.74, 6) is -0.0103. The lowest BCUT2D eigenvalue weighted by Crippen LogP contribution is -2.48. The van der Waals surface area contributed by atoms with Gasteiger partial charge in [0.1, 0.15) is 6.10 Å². The lowest BCUT2D eigenvalue weighted by Gasteiger charge is -2.33. The minimum Gasteiger partial charge on any atom is -0.388 e. The molecule has 1 amide bonds. The number of hydrogen-bond acceptors (Lipinski definition) is 4. The van der Waals surface area contributed by atoms with Gasteiger partial charge >= 0.3 is 0 Å². The first-order valence-corrected chi connectivity index (χ1v) is 7.90. The molecule has 1 heterocycles.